The number of aromatic nitrogens is 2. The summed E-state index contributed by atoms with van der Waals surface area (Å²) in [5.74, 6) is 1.05. The molecule has 3 heterocycles. The normalized spacial score (nSPS) is 20.0. The van der Waals surface area contributed by atoms with Crippen LogP contribution in [0.4, 0.5) is 10.7 Å². The molecular formula is C16H25N6O2+. The number of nitrogens with zero attached hydrogens (tertiary/aromatic N) is 6. The fraction of sp³-hybridized carbons (Fsp3) is 0.625. The summed E-state index contributed by atoms with van der Waals surface area (Å²) in [5.41, 5.74) is 2.13. The minimum atomic E-state index is -0.540. The molecule has 3 amide bonds. The number of carbonyl (C=O) groups is 2. The minimum Gasteiger partial charge on any atom is -0.309 e. The molecule has 1 aromatic rings. The zero-order chi connectivity index (χ0) is 17.8. The Bertz CT molecular complexity index is 748. The molecule has 0 aromatic carbocycles. The summed E-state index contributed by atoms with van der Waals surface area (Å²) < 4.78 is 4.11. The Kier molecular flexibility index (Phi) is 3.95. The molecule has 1 fully saturated rings. The number of amides is 3. The number of hydrogen-bond donors (Lipinski definition) is 0. The fourth-order valence-electron chi connectivity index (χ4n) is 3.39. The first kappa shape index (κ1) is 16.6. The van der Waals surface area contributed by atoms with E-state index >= 15 is 0 Å². The van der Waals surface area contributed by atoms with Crippen molar-refractivity contribution < 1.29 is 14.2 Å². The van der Waals surface area contributed by atoms with Crippen LogP contribution in [0.5, 0.6) is 0 Å². The van der Waals surface area contributed by atoms with Crippen LogP contribution in [-0.2, 0) is 11.3 Å². The first-order valence-electron chi connectivity index (χ1n) is 8.15. The van der Waals surface area contributed by atoms with E-state index in [2.05, 4.69) is 35.5 Å². The van der Waals surface area contributed by atoms with Crippen LogP contribution < -0.4 is 4.57 Å². The van der Waals surface area contributed by atoms with E-state index < -0.39 is 6.04 Å². The van der Waals surface area contributed by atoms with Crippen molar-refractivity contribution in [3.63, 3.8) is 0 Å². The maximum atomic E-state index is 12.7. The zero-order valence-electron chi connectivity index (χ0n) is 15.2. The van der Waals surface area contributed by atoms with Gasteiger partial charge < -0.3 is 4.90 Å². The number of imidazole rings is 1. The van der Waals surface area contributed by atoms with E-state index in [4.69, 9.17) is 0 Å². The van der Waals surface area contributed by atoms with Crippen LogP contribution in [0, 0.1) is 13.8 Å². The molecule has 130 valence electrons. The lowest BCUT2D eigenvalue weighted by Crippen LogP contribution is -2.56. The van der Waals surface area contributed by atoms with Gasteiger partial charge in [-0.2, -0.15) is 0 Å². The van der Waals surface area contributed by atoms with Gasteiger partial charge in [-0.15, -0.1) is 0 Å². The van der Waals surface area contributed by atoms with E-state index in [0.717, 1.165) is 36.8 Å². The molecule has 1 unspecified atom stereocenters. The van der Waals surface area contributed by atoms with Gasteiger partial charge in [-0.1, -0.05) is 4.99 Å². The van der Waals surface area contributed by atoms with Crippen molar-refractivity contribution in [3.8, 4) is 0 Å². The number of likely N-dealkylation sites (N-methyl/N-ethyl adjacent to an activating group) is 2. The number of urea groups is 1. The van der Waals surface area contributed by atoms with E-state index in [-0.39, 0.29) is 11.9 Å². The van der Waals surface area contributed by atoms with Crippen LogP contribution in [0.15, 0.2) is 4.99 Å². The minimum absolute atomic E-state index is 0.228. The maximum Gasteiger partial charge on any atom is 0.402 e. The highest BCUT2D eigenvalue weighted by molar-refractivity contribution is 6.20. The average Bonchev–Trinajstić information content (AvgIpc) is 3.02. The van der Waals surface area contributed by atoms with E-state index in [1.54, 1.807) is 7.05 Å². The van der Waals surface area contributed by atoms with Crippen molar-refractivity contribution in [2.24, 2.45) is 4.99 Å². The predicted molar refractivity (Wildman–Crippen MR) is 89.3 cm³/mol. The van der Waals surface area contributed by atoms with E-state index in [9.17, 15) is 9.59 Å². The van der Waals surface area contributed by atoms with Crippen molar-refractivity contribution in [2.45, 2.75) is 32.9 Å². The molecule has 8 nitrogen and oxygen atoms in total. The zero-order valence-corrected chi connectivity index (χ0v) is 15.2. The lowest BCUT2D eigenvalue weighted by Gasteiger charge is -2.30. The average molecular weight is 333 g/mol. The van der Waals surface area contributed by atoms with Crippen molar-refractivity contribution in [2.75, 3.05) is 34.7 Å². The van der Waals surface area contributed by atoms with Gasteiger partial charge in [0.1, 0.15) is 11.4 Å². The Hall–Kier alpha value is -2.22. The molecule has 1 saturated heterocycles. The Morgan fingerprint density at radius 2 is 1.83 bits per heavy atom. The first-order valence-corrected chi connectivity index (χ1v) is 8.15. The third-order valence-corrected chi connectivity index (χ3v) is 4.93. The second kappa shape index (κ2) is 5.70. The van der Waals surface area contributed by atoms with Gasteiger partial charge in [-0.25, -0.2) is 13.9 Å². The van der Waals surface area contributed by atoms with Gasteiger partial charge in [0.25, 0.3) is 5.91 Å². The highest BCUT2D eigenvalue weighted by Gasteiger charge is 2.53. The van der Waals surface area contributed by atoms with Gasteiger partial charge in [-0.05, 0) is 34.4 Å². The molecule has 0 radical (unpaired) electrons. The lowest BCUT2D eigenvalue weighted by molar-refractivity contribution is -0.689. The number of carbonyl (C=O) groups excluding carboxylic acids is 2. The number of imide groups is 1. The number of rotatable bonds is 4. The van der Waals surface area contributed by atoms with E-state index in [1.807, 2.05) is 11.5 Å². The van der Waals surface area contributed by atoms with Gasteiger partial charge in [0.15, 0.2) is 0 Å². The van der Waals surface area contributed by atoms with Crippen LogP contribution in [0.3, 0.4) is 0 Å². The molecular weight excluding hydrogens is 308 g/mol. The van der Waals surface area contributed by atoms with Crippen LogP contribution in [-0.4, -0.2) is 71.8 Å². The van der Waals surface area contributed by atoms with Crippen molar-refractivity contribution in [3.05, 3.63) is 11.4 Å². The lowest BCUT2D eigenvalue weighted by atomic mass is 10.1. The number of fused-ring (bicyclic) bond motifs is 3. The Labute approximate surface area is 142 Å². The van der Waals surface area contributed by atoms with Crippen molar-refractivity contribution >= 4 is 23.7 Å². The van der Waals surface area contributed by atoms with Gasteiger partial charge in [-0.3, -0.25) is 14.6 Å². The molecule has 24 heavy (non-hydrogen) atoms. The molecule has 2 aliphatic rings. The van der Waals surface area contributed by atoms with E-state index in [1.165, 1.54) is 16.8 Å². The summed E-state index contributed by atoms with van der Waals surface area (Å²) in [6.45, 7) is 5.87. The first-order chi connectivity index (χ1) is 11.3. The van der Waals surface area contributed by atoms with Crippen LogP contribution in [0.1, 0.15) is 23.9 Å². The molecule has 0 aliphatic carbocycles. The third kappa shape index (κ3) is 2.24. The number of amidine groups is 1. The standard InChI is InChI=1S/C16H25N6O2/c1-10-11(2)22-12-13(19(5)16(24)20(6)14(12)23)17-15(22)21(10)9-7-8-18(3)4/h12H,7-9H2,1-6H3/q+1. The molecule has 8 heteroatoms. The Balaban J connectivity index is 2.03. The highest BCUT2D eigenvalue weighted by Crippen LogP contribution is 2.34. The molecule has 1 aromatic heterocycles. The summed E-state index contributed by atoms with van der Waals surface area (Å²) in [6, 6.07) is -0.879. The molecule has 0 bridgehead atoms. The van der Waals surface area contributed by atoms with Crippen molar-refractivity contribution in [1.82, 2.24) is 19.3 Å². The Morgan fingerprint density at radius 1 is 1.17 bits per heavy atom. The second-order valence-corrected chi connectivity index (χ2v) is 6.76. The molecule has 0 N–H and O–H groups in total. The SMILES string of the molecule is Cc1c(C)[n+](CCCN(C)C)c2n1C1C(=O)N(C)C(=O)N(C)C1=N2. The molecule has 2 aliphatic heterocycles. The summed E-state index contributed by atoms with van der Waals surface area (Å²) >= 11 is 0. The molecule has 1 atom stereocenters. The summed E-state index contributed by atoms with van der Waals surface area (Å²) in [4.78, 5) is 34.3. The maximum absolute atomic E-state index is 12.7. The van der Waals surface area contributed by atoms with Crippen LogP contribution in [0.2, 0.25) is 0 Å². The molecule has 0 saturated carbocycles. The smallest absolute Gasteiger partial charge is 0.309 e. The summed E-state index contributed by atoms with van der Waals surface area (Å²) in [5, 5.41) is 0. The number of hydrogen-bond acceptors (Lipinski definition) is 4. The predicted octanol–water partition coefficient (Wildman–Crippen LogP) is 0.453. The van der Waals surface area contributed by atoms with Gasteiger partial charge in [0.05, 0.1) is 6.54 Å². The molecule has 3 rings (SSSR count). The largest absolute Gasteiger partial charge is 0.402 e. The van der Waals surface area contributed by atoms with Crippen LogP contribution >= 0.6 is 0 Å². The summed E-state index contributed by atoms with van der Waals surface area (Å²) in [7, 11) is 7.29. The van der Waals surface area contributed by atoms with Gasteiger partial charge in [0.2, 0.25) is 11.9 Å². The fourth-order valence-corrected chi connectivity index (χ4v) is 3.39. The second-order valence-electron chi connectivity index (χ2n) is 6.76. The van der Waals surface area contributed by atoms with Gasteiger partial charge >= 0.3 is 12.0 Å². The Morgan fingerprint density at radius 3 is 2.46 bits per heavy atom. The van der Waals surface area contributed by atoms with Crippen LogP contribution in [0.25, 0.3) is 0 Å². The van der Waals surface area contributed by atoms with Crippen molar-refractivity contribution in [1.29, 1.82) is 0 Å². The highest BCUT2D eigenvalue weighted by atomic mass is 16.2. The number of aliphatic imine (C=N–C) groups is 1. The third-order valence-electron chi connectivity index (χ3n) is 4.93. The van der Waals surface area contributed by atoms with E-state index in [0.29, 0.717) is 5.84 Å². The monoisotopic (exact) mass is 333 g/mol. The quantitative estimate of drug-likeness (QED) is 0.752. The molecule has 0 spiro atoms. The summed E-state index contributed by atoms with van der Waals surface area (Å²) in [6.07, 6.45) is 0.993. The topological polar surface area (TPSA) is 65.0 Å². The van der Waals surface area contributed by atoms with Gasteiger partial charge in [0, 0.05) is 20.6 Å².